The van der Waals surface area contributed by atoms with Crippen LogP contribution in [0.2, 0.25) is 0 Å². The van der Waals surface area contributed by atoms with Gasteiger partial charge in [0.1, 0.15) is 17.3 Å². The summed E-state index contributed by atoms with van der Waals surface area (Å²) in [5.41, 5.74) is 7.48. The Kier molecular flexibility index (Phi) is 8.79. The van der Waals surface area contributed by atoms with Gasteiger partial charge in [0.05, 0.1) is 0 Å². The van der Waals surface area contributed by atoms with E-state index in [9.17, 15) is 13.6 Å². The summed E-state index contributed by atoms with van der Waals surface area (Å²) in [6.07, 6.45) is 1.56. The average molecular weight is 418 g/mol. The summed E-state index contributed by atoms with van der Waals surface area (Å²) in [5.74, 6) is -1.23. The molecule has 1 aliphatic rings. The summed E-state index contributed by atoms with van der Waals surface area (Å²) in [7, 11) is 0. The first-order chi connectivity index (χ1) is 12.0. The van der Waals surface area contributed by atoms with Gasteiger partial charge in [-0.05, 0) is 36.6 Å². The highest BCUT2D eigenvalue weighted by atomic mass is 35.5. The van der Waals surface area contributed by atoms with E-state index in [4.69, 9.17) is 5.73 Å². The number of hydrogen-bond acceptors (Lipinski definition) is 3. The van der Waals surface area contributed by atoms with E-state index in [0.29, 0.717) is 38.0 Å². The van der Waals surface area contributed by atoms with Crippen molar-refractivity contribution in [3.8, 4) is 0 Å². The number of carbonyl (C=O) groups is 1. The number of anilines is 2. The molecule has 27 heavy (non-hydrogen) atoms. The molecule has 148 valence electrons. The summed E-state index contributed by atoms with van der Waals surface area (Å²) in [5, 5.41) is 2.94. The Bertz CT molecular complexity index is 756. The molecule has 1 atom stereocenters. The minimum atomic E-state index is -0.577. The number of para-hydroxylation sites is 2. The SMILES string of the molecule is Cl.Cl.Nc1ccccc1CCC(=O)NC1CCN(c2c(F)cccc2F)C1. The number of nitrogen functional groups attached to an aromatic ring is 1. The summed E-state index contributed by atoms with van der Waals surface area (Å²) < 4.78 is 27.7. The molecule has 1 amide bonds. The molecule has 8 heteroatoms. The van der Waals surface area contributed by atoms with Gasteiger partial charge in [-0.15, -0.1) is 24.8 Å². The maximum atomic E-state index is 13.9. The summed E-state index contributed by atoms with van der Waals surface area (Å²) in [6.45, 7) is 0.908. The highest BCUT2D eigenvalue weighted by molar-refractivity contribution is 5.85. The maximum absolute atomic E-state index is 13.9. The minimum absolute atomic E-state index is 0. The Labute approximate surface area is 169 Å². The normalized spacial score (nSPS) is 15.6. The van der Waals surface area contributed by atoms with Gasteiger partial charge < -0.3 is 16.0 Å². The van der Waals surface area contributed by atoms with Gasteiger partial charge in [-0.2, -0.15) is 0 Å². The van der Waals surface area contributed by atoms with E-state index in [1.165, 1.54) is 18.2 Å². The Morgan fingerprint density at radius 2 is 1.78 bits per heavy atom. The fraction of sp³-hybridized carbons (Fsp3) is 0.316. The molecular weight excluding hydrogens is 395 g/mol. The van der Waals surface area contributed by atoms with Crippen LogP contribution in [0.15, 0.2) is 42.5 Å². The molecular formula is C19H23Cl2F2N3O. The van der Waals surface area contributed by atoms with Gasteiger partial charge in [0.15, 0.2) is 0 Å². The average Bonchev–Trinajstić information content (AvgIpc) is 3.02. The molecule has 1 fully saturated rings. The number of amides is 1. The molecule has 0 aliphatic carbocycles. The number of halogens is 4. The Hall–Kier alpha value is -2.05. The number of aryl methyl sites for hydroxylation is 1. The highest BCUT2D eigenvalue weighted by Crippen LogP contribution is 2.26. The van der Waals surface area contributed by atoms with E-state index in [0.717, 1.165) is 5.56 Å². The van der Waals surface area contributed by atoms with E-state index < -0.39 is 11.6 Å². The zero-order valence-corrected chi connectivity index (χ0v) is 16.3. The third-order valence-electron chi connectivity index (χ3n) is 4.48. The van der Waals surface area contributed by atoms with Crippen molar-refractivity contribution in [3.05, 3.63) is 59.7 Å². The second kappa shape index (κ2) is 10.3. The third-order valence-corrected chi connectivity index (χ3v) is 4.48. The second-order valence-corrected chi connectivity index (χ2v) is 6.27. The maximum Gasteiger partial charge on any atom is 0.220 e. The van der Waals surface area contributed by atoms with Crippen molar-refractivity contribution >= 4 is 42.1 Å². The molecule has 1 saturated heterocycles. The van der Waals surface area contributed by atoms with Crippen LogP contribution in [-0.4, -0.2) is 25.0 Å². The number of nitrogens with one attached hydrogen (secondary N) is 1. The molecule has 1 unspecified atom stereocenters. The molecule has 4 nitrogen and oxygen atoms in total. The molecule has 3 rings (SSSR count). The van der Waals surface area contributed by atoms with Crippen molar-refractivity contribution < 1.29 is 13.6 Å². The molecule has 2 aromatic rings. The minimum Gasteiger partial charge on any atom is -0.399 e. The molecule has 0 spiro atoms. The van der Waals surface area contributed by atoms with Gasteiger partial charge in [-0.25, -0.2) is 8.78 Å². The number of benzene rings is 2. The zero-order chi connectivity index (χ0) is 17.8. The lowest BCUT2D eigenvalue weighted by Gasteiger charge is -2.20. The van der Waals surface area contributed by atoms with E-state index in [1.54, 1.807) is 4.90 Å². The lowest BCUT2D eigenvalue weighted by molar-refractivity contribution is -0.121. The number of carbonyl (C=O) groups excluding carboxylic acids is 1. The van der Waals surface area contributed by atoms with Crippen molar-refractivity contribution in [1.82, 2.24) is 5.32 Å². The van der Waals surface area contributed by atoms with Crippen LogP contribution >= 0.6 is 24.8 Å². The lowest BCUT2D eigenvalue weighted by atomic mass is 10.1. The van der Waals surface area contributed by atoms with Gasteiger partial charge in [0.25, 0.3) is 0 Å². The van der Waals surface area contributed by atoms with Crippen LogP contribution in [0.4, 0.5) is 20.2 Å². The first-order valence-electron chi connectivity index (χ1n) is 8.36. The second-order valence-electron chi connectivity index (χ2n) is 6.27. The first kappa shape index (κ1) is 23.0. The monoisotopic (exact) mass is 417 g/mol. The number of nitrogens with two attached hydrogens (primary N) is 1. The standard InChI is InChI=1S/C19H21F2N3O.2ClH/c20-15-5-3-6-16(21)19(15)24-11-10-14(12-24)23-18(25)9-8-13-4-1-2-7-17(13)22;;/h1-7,14H,8-12,22H2,(H,23,25);2*1H. The van der Waals surface area contributed by atoms with E-state index >= 15 is 0 Å². The smallest absolute Gasteiger partial charge is 0.220 e. The predicted molar refractivity (Wildman–Crippen MR) is 109 cm³/mol. The fourth-order valence-electron chi connectivity index (χ4n) is 3.18. The van der Waals surface area contributed by atoms with Crippen LogP contribution in [0.5, 0.6) is 0 Å². The van der Waals surface area contributed by atoms with Crippen molar-refractivity contribution in [2.24, 2.45) is 0 Å². The van der Waals surface area contributed by atoms with Crippen LogP contribution in [0, 0.1) is 11.6 Å². The molecule has 0 bridgehead atoms. The number of hydrogen-bond donors (Lipinski definition) is 2. The van der Waals surface area contributed by atoms with Gasteiger partial charge in [0.2, 0.25) is 5.91 Å². The predicted octanol–water partition coefficient (Wildman–Crippen LogP) is 3.72. The van der Waals surface area contributed by atoms with Crippen molar-refractivity contribution in [3.63, 3.8) is 0 Å². The van der Waals surface area contributed by atoms with Gasteiger partial charge in [-0.3, -0.25) is 4.79 Å². The molecule has 0 radical (unpaired) electrons. The van der Waals surface area contributed by atoms with Gasteiger partial charge in [0, 0.05) is 31.2 Å². The highest BCUT2D eigenvalue weighted by Gasteiger charge is 2.27. The van der Waals surface area contributed by atoms with Crippen molar-refractivity contribution in [2.45, 2.75) is 25.3 Å². The molecule has 0 saturated carbocycles. The fourth-order valence-corrected chi connectivity index (χ4v) is 3.18. The van der Waals surface area contributed by atoms with Crippen LogP contribution in [0.3, 0.4) is 0 Å². The van der Waals surface area contributed by atoms with Crippen LogP contribution < -0.4 is 16.0 Å². The van der Waals surface area contributed by atoms with Crippen molar-refractivity contribution in [1.29, 1.82) is 0 Å². The molecule has 1 aliphatic heterocycles. The third kappa shape index (κ3) is 5.71. The molecule has 2 aromatic carbocycles. The largest absolute Gasteiger partial charge is 0.399 e. The summed E-state index contributed by atoms with van der Waals surface area (Å²) >= 11 is 0. The zero-order valence-electron chi connectivity index (χ0n) is 14.7. The van der Waals surface area contributed by atoms with Gasteiger partial charge in [-0.1, -0.05) is 24.3 Å². The van der Waals surface area contributed by atoms with E-state index in [-0.39, 0.29) is 42.5 Å². The van der Waals surface area contributed by atoms with Crippen molar-refractivity contribution in [2.75, 3.05) is 23.7 Å². The summed E-state index contributed by atoms with van der Waals surface area (Å²) in [6, 6.07) is 11.2. The summed E-state index contributed by atoms with van der Waals surface area (Å²) in [4.78, 5) is 13.8. The van der Waals surface area contributed by atoms with Gasteiger partial charge >= 0.3 is 0 Å². The van der Waals surface area contributed by atoms with Crippen LogP contribution in [0.1, 0.15) is 18.4 Å². The lowest BCUT2D eigenvalue weighted by Crippen LogP contribution is -2.37. The van der Waals surface area contributed by atoms with E-state index in [2.05, 4.69) is 5.32 Å². The molecule has 3 N–H and O–H groups in total. The Balaban J connectivity index is 0.00000182. The Morgan fingerprint density at radius 1 is 1.11 bits per heavy atom. The first-order valence-corrected chi connectivity index (χ1v) is 8.36. The molecule has 1 heterocycles. The van der Waals surface area contributed by atoms with Crippen LogP contribution in [-0.2, 0) is 11.2 Å². The number of rotatable bonds is 5. The molecule has 0 aromatic heterocycles. The Morgan fingerprint density at radius 3 is 2.44 bits per heavy atom. The quantitative estimate of drug-likeness (QED) is 0.728. The topological polar surface area (TPSA) is 58.4 Å². The van der Waals surface area contributed by atoms with E-state index in [1.807, 2.05) is 24.3 Å². The van der Waals surface area contributed by atoms with Crippen LogP contribution in [0.25, 0.3) is 0 Å². The number of nitrogens with zero attached hydrogens (tertiary/aromatic N) is 1.